The number of nitrogens with zero attached hydrogens (tertiary/aromatic N) is 1. The van der Waals surface area contributed by atoms with E-state index in [0.717, 1.165) is 0 Å². The van der Waals surface area contributed by atoms with Gasteiger partial charge in [0.2, 0.25) is 6.10 Å². The van der Waals surface area contributed by atoms with E-state index in [2.05, 4.69) is 4.84 Å². The van der Waals surface area contributed by atoms with Crippen molar-refractivity contribution in [2.45, 2.75) is 26.9 Å². The van der Waals surface area contributed by atoms with E-state index in [-0.39, 0.29) is 13.8 Å². The molecule has 1 N–H and O–H groups in total. The number of carboxylic acids is 1. The molecule has 0 aromatic rings. The molecule has 6 nitrogen and oxygen atoms in total. The zero-order valence-corrected chi connectivity index (χ0v) is 5.31. The number of hydrogen-bond acceptors (Lipinski definition) is 4. The van der Waals surface area contributed by atoms with Gasteiger partial charge in [-0.1, -0.05) is 14.4 Å². The van der Waals surface area contributed by atoms with Crippen molar-refractivity contribution in [2.75, 3.05) is 0 Å². The summed E-state index contributed by atoms with van der Waals surface area (Å²) < 4.78 is 0. The number of rotatable bonds is 4. The molecule has 0 aliphatic carbocycles. The summed E-state index contributed by atoms with van der Waals surface area (Å²) in [6.07, 6.45) is -1.26. The van der Waals surface area contributed by atoms with Crippen LogP contribution < -0.4 is 0 Å². The summed E-state index contributed by atoms with van der Waals surface area (Å²) in [4.78, 5) is 23.4. The van der Waals surface area contributed by atoms with Gasteiger partial charge in [-0.15, -0.1) is 10.1 Å². The van der Waals surface area contributed by atoms with Gasteiger partial charge in [0, 0.05) is 0 Å². The van der Waals surface area contributed by atoms with Crippen molar-refractivity contribution in [3.63, 3.8) is 0 Å². The van der Waals surface area contributed by atoms with E-state index in [9.17, 15) is 14.9 Å². The molecule has 1 unspecified atom stereocenters. The molecule has 0 saturated carbocycles. The van der Waals surface area contributed by atoms with Gasteiger partial charge in [-0.2, -0.15) is 0 Å². The second kappa shape index (κ2) is 5.45. The Morgan fingerprint density at radius 3 is 2.36 bits per heavy atom. The molecule has 0 heterocycles. The lowest BCUT2D eigenvalue weighted by Crippen LogP contribution is -2.25. The molecule has 0 amide bonds. The molecule has 11 heavy (non-hydrogen) atoms. The molecular formula is C5H11NO5. The van der Waals surface area contributed by atoms with Gasteiger partial charge in [-0.25, -0.2) is 4.79 Å². The fraction of sp³-hybridized carbons (Fsp3) is 0.800. The number of carbonyl (C=O) groups is 1. The third-order valence-electron chi connectivity index (χ3n) is 0.860. The van der Waals surface area contributed by atoms with Gasteiger partial charge < -0.3 is 5.11 Å². The van der Waals surface area contributed by atoms with E-state index in [1.54, 1.807) is 0 Å². The van der Waals surface area contributed by atoms with Crippen molar-refractivity contribution < 1.29 is 19.8 Å². The van der Waals surface area contributed by atoms with Crippen molar-refractivity contribution in [1.82, 2.24) is 0 Å². The molecule has 0 spiro atoms. The molecule has 1 atom stereocenters. The van der Waals surface area contributed by atoms with Gasteiger partial charge in [0.05, 0.1) is 0 Å². The molecule has 66 valence electrons. The van der Waals surface area contributed by atoms with Gasteiger partial charge in [-0.05, 0) is 6.42 Å². The smallest absolute Gasteiger partial charge is 0.332 e. The maximum Gasteiger partial charge on any atom is 0.332 e. The zero-order valence-electron chi connectivity index (χ0n) is 5.31. The van der Waals surface area contributed by atoms with E-state index in [0.29, 0.717) is 0 Å². The normalized spacial score (nSPS) is 11.0. The summed E-state index contributed by atoms with van der Waals surface area (Å²) in [5.74, 6) is -1.32. The third kappa shape index (κ3) is 5.13. The lowest BCUT2D eigenvalue weighted by molar-refractivity contribution is -0.765. The van der Waals surface area contributed by atoms with Crippen molar-refractivity contribution in [3.8, 4) is 0 Å². The fourth-order valence-electron chi connectivity index (χ4n) is 0.398. The summed E-state index contributed by atoms with van der Waals surface area (Å²) in [7, 11) is 0. The first-order chi connectivity index (χ1) is 4.57. The van der Waals surface area contributed by atoms with Gasteiger partial charge in [0.25, 0.3) is 5.09 Å². The Bertz CT molecular complexity index is 146. The van der Waals surface area contributed by atoms with Crippen LogP contribution in [0, 0.1) is 10.1 Å². The summed E-state index contributed by atoms with van der Waals surface area (Å²) in [6.45, 7) is 1.49. The molecular weight excluding hydrogens is 154 g/mol. The highest BCUT2D eigenvalue weighted by molar-refractivity contribution is 5.71. The molecule has 0 aromatic heterocycles. The Hall–Kier alpha value is -1.33. The van der Waals surface area contributed by atoms with Crippen LogP contribution in [-0.4, -0.2) is 22.3 Å². The first kappa shape index (κ1) is 12.4. The average molecular weight is 165 g/mol. The SMILES string of the molecule is C.CCC(O[N+](=O)[O-])C(=O)O. The number of aliphatic carboxylic acids is 1. The van der Waals surface area contributed by atoms with Crippen molar-refractivity contribution >= 4 is 5.97 Å². The topological polar surface area (TPSA) is 89.7 Å². The van der Waals surface area contributed by atoms with Crippen molar-refractivity contribution in [1.29, 1.82) is 0 Å². The van der Waals surface area contributed by atoms with Crippen LogP contribution in [0.5, 0.6) is 0 Å². The minimum absolute atomic E-state index is 0. The summed E-state index contributed by atoms with van der Waals surface area (Å²) >= 11 is 0. The van der Waals surface area contributed by atoms with Crippen LogP contribution in [0.25, 0.3) is 0 Å². The van der Waals surface area contributed by atoms with Crippen LogP contribution in [0.1, 0.15) is 20.8 Å². The van der Waals surface area contributed by atoms with E-state index in [1.807, 2.05) is 0 Å². The standard InChI is InChI=1S/C4H7NO5.CH4/c1-2-3(4(6)7)10-5(8)9;/h3H,2H2,1H3,(H,6,7);1H4. The van der Waals surface area contributed by atoms with Gasteiger partial charge >= 0.3 is 5.97 Å². The Kier molecular flexibility index (Phi) is 6.13. The van der Waals surface area contributed by atoms with Crippen LogP contribution in [-0.2, 0) is 9.63 Å². The first-order valence-electron chi connectivity index (χ1n) is 2.62. The van der Waals surface area contributed by atoms with E-state index in [1.165, 1.54) is 6.92 Å². The lowest BCUT2D eigenvalue weighted by Gasteiger charge is -2.04. The molecule has 0 bridgehead atoms. The van der Waals surface area contributed by atoms with Crippen LogP contribution in [0.2, 0.25) is 0 Å². The maximum absolute atomic E-state index is 10.0. The predicted molar refractivity (Wildman–Crippen MR) is 36.5 cm³/mol. The van der Waals surface area contributed by atoms with Gasteiger partial charge in [0.1, 0.15) is 0 Å². The Labute approximate surface area is 63.9 Å². The molecule has 0 fully saturated rings. The van der Waals surface area contributed by atoms with E-state index in [4.69, 9.17) is 5.11 Å². The monoisotopic (exact) mass is 165 g/mol. The summed E-state index contributed by atoms with van der Waals surface area (Å²) in [5, 5.41) is 16.7. The van der Waals surface area contributed by atoms with Gasteiger partial charge in [0.15, 0.2) is 0 Å². The molecule has 6 heteroatoms. The summed E-state index contributed by atoms with van der Waals surface area (Å²) in [6, 6.07) is 0. The Balaban J connectivity index is 0. The van der Waals surface area contributed by atoms with E-state index < -0.39 is 17.2 Å². The van der Waals surface area contributed by atoms with Crippen LogP contribution in [0.3, 0.4) is 0 Å². The largest absolute Gasteiger partial charge is 0.480 e. The number of carboxylic acid groups (broad SMARTS) is 1. The lowest BCUT2D eigenvalue weighted by atomic mass is 10.3. The van der Waals surface area contributed by atoms with E-state index >= 15 is 0 Å². The molecule has 0 rings (SSSR count). The van der Waals surface area contributed by atoms with Crippen molar-refractivity contribution in [3.05, 3.63) is 10.1 Å². The third-order valence-corrected chi connectivity index (χ3v) is 0.860. The minimum Gasteiger partial charge on any atom is -0.480 e. The zero-order chi connectivity index (χ0) is 8.15. The average Bonchev–Trinajstić information content (AvgIpc) is 1.81. The van der Waals surface area contributed by atoms with Crippen molar-refractivity contribution in [2.24, 2.45) is 0 Å². The molecule has 0 aliphatic rings. The summed E-state index contributed by atoms with van der Waals surface area (Å²) in [5.41, 5.74) is 0. The van der Waals surface area contributed by atoms with Crippen LogP contribution >= 0.6 is 0 Å². The first-order valence-corrected chi connectivity index (χ1v) is 2.62. The molecule has 0 aliphatic heterocycles. The minimum atomic E-state index is -1.34. The molecule has 0 saturated heterocycles. The number of hydrogen-bond donors (Lipinski definition) is 1. The highest BCUT2D eigenvalue weighted by Crippen LogP contribution is 1.96. The van der Waals surface area contributed by atoms with Gasteiger partial charge in [-0.3, -0.25) is 4.84 Å². The molecule has 0 radical (unpaired) electrons. The van der Waals surface area contributed by atoms with Crippen LogP contribution in [0.4, 0.5) is 0 Å². The van der Waals surface area contributed by atoms with Crippen LogP contribution in [0.15, 0.2) is 0 Å². The Morgan fingerprint density at radius 2 is 2.27 bits per heavy atom. The quantitative estimate of drug-likeness (QED) is 0.489. The molecule has 0 aromatic carbocycles. The Morgan fingerprint density at radius 1 is 1.82 bits per heavy atom. The predicted octanol–water partition coefficient (Wildman–Crippen LogP) is 0.694. The highest BCUT2D eigenvalue weighted by atomic mass is 17.0. The maximum atomic E-state index is 10.0. The highest BCUT2D eigenvalue weighted by Gasteiger charge is 2.18. The fourth-order valence-corrected chi connectivity index (χ4v) is 0.398. The second-order valence-electron chi connectivity index (χ2n) is 1.56. The second-order valence-corrected chi connectivity index (χ2v) is 1.56.